The Morgan fingerprint density at radius 3 is 1.27 bits per heavy atom. The van der Waals surface area contributed by atoms with Crippen LogP contribution in [0.4, 0.5) is 4.79 Å². The van der Waals surface area contributed by atoms with E-state index in [0.717, 1.165) is 0 Å². The van der Waals surface area contributed by atoms with Crippen LogP contribution in [0.2, 0.25) is 0 Å². The van der Waals surface area contributed by atoms with E-state index in [0.29, 0.717) is 35.3 Å². The van der Waals surface area contributed by atoms with Crippen LogP contribution in [0.3, 0.4) is 0 Å². The van der Waals surface area contributed by atoms with Gasteiger partial charge in [0, 0.05) is 22.6 Å². The minimum absolute atomic E-state index is 0.115. The van der Waals surface area contributed by atoms with E-state index in [2.05, 4.69) is 48.1 Å². The number of carbonyl (C=O) groups excluding carboxylic acids is 5. The Morgan fingerprint density at radius 1 is 0.636 bits per heavy atom. The average Bonchev–Trinajstić information content (AvgIpc) is 3.52. The van der Waals surface area contributed by atoms with Gasteiger partial charge in [0.1, 0.15) is 0 Å². The number of nitrogens with one attached hydrogen (secondary N) is 2. The summed E-state index contributed by atoms with van der Waals surface area (Å²) in [5.41, 5.74) is 1.77. The number of hydrogen-bond acceptors (Lipinski definition) is 9. The third-order valence-electron chi connectivity index (χ3n) is 9.79. The summed E-state index contributed by atoms with van der Waals surface area (Å²) in [6.07, 6.45) is -0.612. The number of rotatable bonds is 4. The molecule has 6 atom stereocenters. The molecule has 6 amide bonds. The van der Waals surface area contributed by atoms with Gasteiger partial charge >= 0.3 is 6.03 Å². The maximum absolute atomic E-state index is 13.5. The molecule has 2 aromatic rings. The van der Waals surface area contributed by atoms with E-state index in [1.807, 2.05) is 0 Å². The summed E-state index contributed by atoms with van der Waals surface area (Å²) in [5.74, 6) is -1.03. The Balaban J connectivity index is 0.930. The second kappa shape index (κ2) is 9.32. The predicted octanol–water partition coefficient (Wildman–Crippen LogP) is 2.60. The quantitative estimate of drug-likeness (QED) is 0.490. The lowest BCUT2D eigenvalue weighted by molar-refractivity contribution is -0.00638. The summed E-state index contributed by atoms with van der Waals surface area (Å²) in [6.45, 7) is 9.22. The van der Waals surface area contributed by atoms with E-state index in [1.165, 1.54) is 9.80 Å². The van der Waals surface area contributed by atoms with Crippen LogP contribution in [-0.2, 0) is 0 Å². The highest BCUT2D eigenvalue weighted by molar-refractivity contribution is 8.01. The van der Waals surface area contributed by atoms with E-state index in [1.54, 1.807) is 72.1 Å². The molecular weight excluding hydrogens is 601 g/mol. The molecule has 228 valence electrons. The predicted molar refractivity (Wildman–Crippen MR) is 165 cm³/mol. The molecule has 44 heavy (non-hydrogen) atoms. The molecular formula is C31H32N6O5S2. The fourth-order valence-corrected chi connectivity index (χ4v) is 10.9. The Morgan fingerprint density at radius 2 is 0.955 bits per heavy atom. The van der Waals surface area contributed by atoms with Crippen molar-refractivity contribution in [2.45, 2.75) is 72.4 Å². The molecule has 2 aromatic carbocycles. The largest absolute Gasteiger partial charge is 0.321 e. The van der Waals surface area contributed by atoms with Gasteiger partial charge in [-0.25, -0.2) is 4.79 Å². The van der Waals surface area contributed by atoms with Gasteiger partial charge in [0.05, 0.1) is 57.4 Å². The Hall–Kier alpha value is -3.39. The zero-order valence-corrected chi connectivity index (χ0v) is 26.3. The van der Waals surface area contributed by atoms with Gasteiger partial charge in [-0.2, -0.15) is 0 Å². The monoisotopic (exact) mass is 632 g/mol. The van der Waals surface area contributed by atoms with Gasteiger partial charge in [0.25, 0.3) is 23.6 Å². The number of nitrogens with zero attached hydrogens (tertiary/aromatic N) is 4. The van der Waals surface area contributed by atoms with Crippen LogP contribution >= 0.6 is 23.5 Å². The van der Waals surface area contributed by atoms with Crippen LogP contribution in [0.25, 0.3) is 0 Å². The molecule has 2 N–H and O–H groups in total. The van der Waals surface area contributed by atoms with E-state index in [-0.39, 0.29) is 74.3 Å². The zero-order valence-electron chi connectivity index (χ0n) is 24.6. The van der Waals surface area contributed by atoms with Crippen LogP contribution in [0.15, 0.2) is 48.5 Å². The van der Waals surface area contributed by atoms with Gasteiger partial charge in [-0.1, -0.05) is 24.3 Å². The number of hydrogen-bond donors (Lipinski definition) is 2. The zero-order chi connectivity index (χ0) is 30.9. The normalized spacial score (nSPS) is 33.0. The fraction of sp³-hybridized carbons (Fsp3) is 0.452. The van der Waals surface area contributed by atoms with Crippen molar-refractivity contribution < 1.29 is 24.0 Å². The summed E-state index contributed by atoms with van der Waals surface area (Å²) in [6, 6.07) is 13.0. The topological polar surface area (TPSA) is 122 Å². The highest BCUT2D eigenvalue weighted by atomic mass is 32.2. The molecule has 6 aliphatic heterocycles. The van der Waals surface area contributed by atoms with Gasteiger partial charge in [-0.05, 0) is 52.0 Å². The van der Waals surface area contributed by atoms with Gasteiger partial charge in [-0.15, -0.1) is 23.5 Å². The SMILES string of the molecule is CC1(C)SC2C(N3C(=O)c4ccccc4C3=O)CN2C1NC(=O)NC1N2CC(N3C(=O)c4ccccc4C3=O)C2SC1(C)C. The average molecular weight is 633 g/mol. The summed E-state index contributed by atoms with van der Waals surface area (Å²) < 4.78 is -0.740. The summed E-state index contributed by atoms with van der Waals surface area (Å²) in [4.78, 5) is 73.1. The molecule has 0 spiro atoms. The maximum Gasteiger partial charge on any atom is 0.317 e. The van der Waals surface area contributed by atoms with Crippen molar-refractivity contribution >= 4 is 53.2 Å². The van der Waals surface area contributed by atoms with Crippen molar-refractivity contribution in [1.82, 2.24) is 30.2 Å². The number of imide groups is 2. The lowest BCUT2D eigenvalue weighted by Crippen LogP contribution is -2.71. The minimum atomic E-state index is -0.370. The summed E-state index contributed by atoms with van der Waals surface area (Å²) in [7, 11) is 0. The van der Waals surface area contributed by atoms with E-state index in [4.69, 9.17) is 0 Å². The second-order valence-corrected chi connectivity index (χ2v) is 16.8. The van der Waals surface area contributed by atoms with Crippen molar-refractivity contribution in [3.63, 3.8) is 0 Å². The molecule has 0 bridgehead atoms. The molecule has 4 fully saturated rings. The first-order valence-electron chi connectivity index (χ1n) is 14.8. The van der Waals surface area contributed by atoms with E-state index < -0.39 is 0 Å². The van der Waals surface area contributed by atoms with Gasteiger partial charge in [0.2, 0.25) is 0 Å². The fourth-order valence-electron chi connectivity index (χ4n) is 7.57. The van der Waals surface area contributed by atoms with E-state index in [9.17, 15) is 24.0 Å². The van der Waals surface area contributed by atoms with Gasteiger partial charge in [-0.3, -0.25) is 38.8 Å². The first kappa shape index (κ1) is 28.1. The Kier molecular flexibility index (Phi) is 5.95. The standard InChI is InChI=1S/C31H32N6O5S2/c1-30(2)27(34-13-19(25(34)43-30)36-21(38)15-9-5-6-10-16(15)22(36)39)32-29(42)33-28-31(3,4)44-26-20(14-35(26)28)37-23(40)17-11-7-8-12-18(17)24(37)41/h5-12,19-20,25-28H,13-14H2,1-4H3,(H2,32,33,42). The molecule has 6 heterocycles. The molecule has 11 nitrogen and oxygen atoms in total. The Labute approximate surface area is 263 Å². The lowest BCUT2D eigenvalue weighted by Gasteiger charge is -2.49. The number of benzene rings is 2. The van der Waals surface area contributed by atoms with Gasteiger partial charge in [0.15, 0.2) is 0 Å². The van der Waals surface area contributed by atoms with Crippen molar-refractivity contribution in [3.05, 3.63) is 70.8 Å². The maximum atomic E-state index is 13.5. The molecule has 0 aliphatic carbocycles. The van der Waals surface area contributed by atoms with Crippen LogP contribution in [-0.4, -0.2) is 107 Å². The van der Waals surface area contributed by atoms with Crippen LogP contribution in [0, 0.1) is 0 Å². The number of carbonyl (C=O) groups is 5. The van der Waals surface area contributed by atoms with Crippen LogP contribution in [0.5, 0.6) is 0 Å². The van der Waals surface area contributed by atoms with Crippen molar-refractivity contribution in [2.24, 2.45) is 0 Å². The van der Waals surface area contributed by atoms with Crippen molar-refractivity contribution in [1.29, 1.82) is 0 Å². The molecule has 6 unspecified atom stereocenters. The lowest BCUT2D eigenvalue weighted by atomic mass is 10.0. The molecule has 0 radical (unpaired) electrons. The second-order valence-electron chi connectivity index (χ2n) is 13.2. The van der Waals surface area contributed by atoms with Gasteiger partial charge < -0.3 is 10.6 Å². The number of urea groups is 1. The molecule has 13 heteroatoms. The smallest absolute Gasteiger partial charge is 0.317 e. The molecule has 6 aliphatic rings. The molecule has 0 aromatic heterocycles. The first-order chi connectivity index (χ1) is 20.9. The minimum Gasteiger partial charge on any atom is -0.321 e. The molecule has 0 saturated carbocycles. The summed E-state index contributed by atoms with van der Waals surface area (Å²) in [5, 5.41) is 6.13. The molecule has 8 rings (SSSR count). The highest BCUT2D eigenvalue weighted by Gasteiger charge is 2.63. The highest BCUT2D eigenvalue weighted by Crippen LogP contribution is 2.53. The summed E-state index contributed by atoms with van der Waals surface area (Å²) >= 11 is 3.33. The third-order valence-corrected chi connectivity index (χ3v) is 13.1. The number of fused-ring (bicyclic) bond motifs is 4. The number of amides is 6. The van der Waals surface area contributed by atoms with Crippen molar-refractivity contribution in [2.75, 3.05) is 13.1 Å². The first-order valence-corrected chi connectivity index (χ1v) is 16.5. The Bertz CT molecular complexity index is 1490. The third kappa shape index (κ3) is 3.75. The van der Waals surface area contributed by atoms with Crippen LogP contribution in [0.1, 0.15) is 69.1 Å². The van der Waals surface area contributed by atoms with E-state index >= 15 is 0 Å². The number of thioether (sulfide) groups is 2. The van der Waals surface area contributed by atoms with Crippen molar-refractivity contribution in [3.8, 4) is 0 Å². The molecule has 4 saturated heterocycles. The van der Waals surface area contributed by atoms with Crippen LogP contribution < -0.4 is 10.6 Å².